The average molecular weight is 238 g/mol. The normalized spacial score (nSPS) is 14.2. The number of carbonyl (C=O) groups is 1. The molecule has 3 rings (SSSR count). The zero-order chi connectivity index (χ0) is 12.5. The van der Waals surface area contributed by atoms with Crippen molar-refractivity contribution < 1.29 is 4.79 Å². The molecule has 18 heavy (non-hydrogen) atoms. The SMILES string of the molecule is N#Cc1cn(-c2ccc(C=O)cn2)nc1C1CC1. The average Bonchev–Trinajstić information content (AvgIpc) is 3.18. The number of hydrogen-bond acceptors (Lipinski definition) is 4. The zero-order valence-electron chi connectivity index (χ0n) is 9.58. The molecule has 0 spiro atoms. The first kappa shape index (κ1) is 10.7. The van der Waals surface area contributed by atoms with Gasteiger partial charge in [-0.05, 0) is 25.0 Å². The summed E-state index contributed by atoms with van der Waals surface area (Å²) in [5.41, 5.74) is 1.99. The van der Waals surface area contributed by atoms with Crippen LogP contribution in [0.2, 0.25) is 0 Å². The fraction of sp³-hybridized carbons (Fsp3) is 0.231. The van der Waals surface area contributed by atoms with Crippen LogP contribution in [0.15, 0.2) is 24.5 Å². The summed E-state index contributed by atoms with van der Waals surface area (Å²) >= 11 is 0. The van der Waals surface area contributed by atoms with Gasteiger partial charge in [0, 0.05) is 17.7 Å². The summed E-state index contributed by atoms with van der Waals surface area (Å²) in [4.78, 5) is 14.7. The minimum Gasteiger partial charge on any atom is -0.298 e. The van der Waals surface area contributed by atoms with Crippen LogP contribution in [0, 0.1) is 11.3 Å². The molecule has 2 aromatic heterocycles. The topological polar surface area (TPSA) is 71.6 Å². The first-order valence-electron chi connectivity index (χ1n) is 5.73. The largest absolute Gasteiger partial charge is 0.298 e. The molecule has 5 nitrogen and oxygen atoms in total. The molecule has 1 saturated carbocycles. The van der Waals surface area contributed by atoms with Gasteiger partial charge in [0.2, 0.25) is 0 Å². The number of nitriles is 1. The lowest BCUT2D eigenvalue weighted by Crippen LogP contribution is -1.99. The van der Waals surface area contributed by atoms with E-state index < -0.39 is 0 Å². The molecule has 5 heteroatoms. The number of aldehydes is 1. The van der Waals surface area contributed by atoms with Crippen molar-refractivity contribution in [2.75, 3.05) is 0 Å². The summed E-state index contributed by atoms with van der Waals surface area (Å²) in [5.74, 6) is 1.04. The van der Waals surface area contributed by atoms with E-state index in [-0.39, 0.29) is 0 Å². The number of rotatable bonds is 3. The Kier molecular flexibility index (Phi) is 2.41. The molecule has 0 atom stereocenters. The van der Waals surface area contributed by atoms with Crippen LogP contribution < -0.4 is 0 Å². The minimum absolute atomic E-state index is 0.426. The molecule has 0 aromatic carbocycles. The lowest BCUT2D eigenvalue weighted by molar-refractivity contribution is 0.112. The second-order valence-electron chi connectivity index (χ2n) is 4.33. The van der Waals surface area contributed by atoms with Gasteiger partial charge >= 0.3 is 0 Å². The highest BCUT2D eigenvalue weighted by Gasteiger charge is 2.29. The fourth-order valence-electron chi connectivity index (χ4n) is 1.85. The molecule has 0 unspecified atom stereocenters. The van der Waals surface area contributed by atoms with E-state index in [1.54, 1.807) is 23.0 Å². The Labute approximate surface area is 104 Å². The lowest BCUT2D eigenvalue weighted by Gasteiger charge is -1.99. The van der Waals surface area contributed by atoms with Gasteiger partial charge in [-0.15, -0.1) is 0 Å². The van der Waals surface area contributed by atoms with E-state index in [2.05, 4.69) is 16.2 Å². The van der Waals surface area contributed by atoms with E-state index >= 15 is 0 Å². The Bertz CT molecular complexity index is 632. The molecule has 0 radical (unpaired) electrons. The van der Waals surface area contributed by atoms with Gasteiger partial charge in [-0.25, -0.2) is 9.67 Å². The van der Waals surface area contributed by atoms with E-state index in [0.29, 0.717) is 22.9 Å². The summed E-state index contributed by atoms with van der Waals surface area (Å²) in [6, 6.07) is 5.56. The number of pyridine rings is 1. The molecule has 2 aromatic rings. The number of aromatic nitrogens is 3. The standard InChI is InChI=1S/C13H10N4O/c14-5-11-7-17(16-13(11)10-2-3-10)12-4-1-9(8-18)6-15-12/h1,4,6-8,10H,2-3H2. The van der Waals surface area contributed by atoms with Crippen LogP contribution in [0.5, 0.6) is 0 Å². The highest BCUT2D eigenvalue weighted by molar-refractivity contribution is 5.74. The smallest absolute Gasteiger partial charge is 0.153 e. The first-order chi connectivity index (χ1) is 8.81. The van der Waals surface area contributed by atoms with Gasteiger partial charge in [-0.1, -0.05) is 0 Å². The first-order valence-corrected chi connectivity index (χ1v) is 5.73. The molecule has 0 aliphatic heterocycles. The Morgan fingerprint density at radius 2 is 2.28 bits per heavy atom. The monoisotopic (exact) mass is 238 g/mol. The Morgan fingerprint density at radius 1 is 1.44 bits per heavy atom. The molecule has 0 saturated heterocycles. The quantitative estimate of drug-likeness (QED) is 0.765. The molecule has 1 fully saturated rings. The second kappa shape index (κ2) is 4.08. The number of nitrogens with zero attached hydrogens (tertiary/aromatic N) is 4. The maximum absolute atomic E-state index is 10.6. The van der Waals surface area contributed by atoms with Crippen LogP contribution in [0.4, 0.5) is 0 Å². The van der Waals surface area contributed by atoms with Crippen LogP contribution >= 0.6 is 0 Å². The van der Waals surface area contributed by atoms with Gasteiger partial charge in [0.15, 0.2) is 12.1 Å². The molecular weight excluding hydrogens is 228 g/mol. The van der Waals surface area contributed by atoms with Crippen molar-refractivity contribution in [3.63, 3.8) is 0 Å². The highest BCUT2D eigenvalue weighted by atomic mass is 16.1. The third-order valence-electron chi connectivity index (χ3n) is 2.97. The van der Waals surface area contributed by atoms with Crippen molar-refractivity contribution in [3.05, 3.63) is 41.3 Å². The van der Waals surface area contributed by atoms with Crippen LogP contribution in [-0.2, 0) is 0 Å². The summed E-state index contributed by atoms with van der Waals surface area (Å²) in [6.45, 7) is 0. The minimum atomic E-state index is 0.426. The predicted molar refractivity (Wildman–Crippen MR) is 63.4 cm³/mol. The van der Waals surface area contributed by atoms with Gasteiger partial charge in [0.05, 0.1) is 17.5 Å². The molecule has 0 amide bonds. The van der Waals surface area contributed by atoms with E-state index in [0.717, 1.165) is 24.8 Å². The molecular formula is C13H10N4O. The van der Waals surface area contributed by atoms with Crippen LogP contribution in [-0.4, -0.2) is 21.1 Å². The van der Waals surface area contributed by atoms with Crippen LogP contribution in [0.3, 0.4) is 0 Å². The third kappa shape index (κ3) is 1.78. The Hall–Kier alpha value is -2.48. The second-order valence-corrected chi connectivity index (χ2v) is 4.33. The third-order valence-corrected chi connectivity index (χ3v) is 2.97. The van der Waals surface area contributed by atoms with Gasteiger partial charge in [-0.3, -0.25) is 4.79 Å². The maximum atomic E-state index is 10.6. The van der Waals surface area contributed by atoms with Crippen molar-refractivity contribution >= 4 is 6.29 Å². The maximum Gasteiger partial charge on any atom is 0.153 e. The zero-order valence-corrected chi connectivity index (χ0v) is 9.58. The Balaban J connectivity index is 2.00. The van der Waals surface area contributed by atoms with Gasteiger partial charge in [0.25, 0.3) is 0 Å². The van der Waals surface area contributed by atoms with Crippen molar-refractivity contribution in [3.8, 4) is 11.9 Å². The molecule has 2 heterocycles. The summed E-state index contributed by atoms with van der Waals surface area (Å²) in [7, 11) is 0. The molecule has 0 bridgehead atoms. The van der Waals surface area contributed by atoms with Crippen molar-refractivity contribution in [1.82, 2.24) is 14.8 Å². The van der Waals surface area contributed by atoms with Gasteiger partial charge in [-0.2, -0.15) is 10.4 Å². The highest BCUT2D eigenvalue weighted by Crippen LogP contribution is 2.40. The molecule has 1 aliphatic carbocycles. The van der Waals surface area contributed by atoms with Crippen molar-refractivity contribution in [2.45, 2.75) is 18.8 Å². The van der Waals surface area contributed by atoms with Crippen LogP contribution in [0.1, 0.15) is 40.4 Å². The fourth-order valence-corrected chi connectivity index (χ4v) is 1.85. The molecule has 88 valence electrons. The number of carbonyl (C=O) groups excluding carboxylic acids is 1. The van der Waals surface area contributed by atoms with Crippen LogP contribution in [0.25, 0.3) is 5.82 Å². The van der Waals surface area contributed by atoms with E-state index in [4.69, 9.17) is 5.26 Å². The Morgan fingerprint density at radius 3 is 2.83 bits per heavy atom. The summed E-state index contributed by atoms with van der Waals surface area (Å²) < 4.78 is 1.60. The van der Waals surface area contributed by atoms with E-state index in [9.17, 15) is 4.79 Å². The van der Waals surface area contributed by atoms with E-state index in [1.807, 2.05) is 0 Å². The summed E-state index contributed by atoms with van der Waals surface area (Å²) in [6.07, 6.45) is 6.13. The summed E-state index contributed by atoms with van der Waals surface area (Å²) in [5, 5.41) is 13.5. The van der Waals surface area contributed by atoms with Gasteiger partial charge < -0.3 is 0 Å². The lowest BCUT2D eigenvalue weighted by atomic mass is 10.2. The van der Waals surface area contributed by atoms with E-state index in [1.165, 1.54) is 6.20 Å². The van der Waals surface area contributed by atoms with Crippen molar-refractivity contribution in [1.29, 1.82) is 5.26 Å². The molecule has 0 N–H and O–H groups in total. The number of hydrogen-bond donors (Lipinski definition) is 0. The van der Waals surface area contributed by atoms with Gasteiger partial charge in [0.1, 0.15) is 6.07 Å². The van der Waals surface area contributed by atoms with Crippen molar-refractivity contribution in [2.24, 2.45) is 0 Å². The predicted octanol–water partition coefficient (Wildman–Crippen LogP) is 1.83. The molecule has 1 aliphatic rings.